The number of anilines is 1. The van der Waals surface area contributed by atoms with Crippen LogP contribution in [0.25, 0.3) is 0 Å². The molecule has 1 unspecified atom stereocenters. The minimum absolute atomic E-state index is 0.336. The third kappa shape index (κ3) is 4.58. The van der Waals surface area contributed by atoms with E-state index in [1.807, 2.05) is 78.9 Å². The molecule has 6 nitrogen and oxygen atoms in total. The number of halogens is 1. The molecule has 0 aromatic heterocycles. The van der Waals surface area contributed by atoms with E-state index in [0.29, 0.717) is 17.9 Å². The molecule has 1 heterocycles. The number of hydrogen-bond acceptors (Lipinski definition) is 3. The SMILES string of the molecule is O=C(NCc1ccc(Br)cc1)NC1N=C(c2ccccc2)c2ccccc2NC1=O. The van der Waals surface area contributed by atoms with Gasteiger partial charge < -0.3 is 16.0 Å². The summed E-state index contributed by atoms with van der Waals surface area (Å²) in [6.07, 6.45) is -1.06. The van der Waals surface area contributed by atoms with Gasteiger partial charge in [0.25, 0.3) is 5.91 Å². The number of benzodiazepines with no additional fused rings is 1. The van der Waals surface area contributed by atoms with E-state index >= 15 is 0 Å². The van der Waals surface area contributed by atoms with E-state index in [1.165, 1.54) is 0 Å². The molecular weight excluding hydrogens is 444 g/mol. The number of nitrogens with one attached hydrogen (secondary N) is 3. The van der Waals surface area contributed by atoms with Gasteiger partial charge in [0.1, 0.15) is 0 Å². The van der Waals surface area contributed by atoms with Gasteiger partial charge in [0, 0.05) is 22.1 Å². The molecule has 4 rings (SSSR count). The minimum Gasteiger partial charge on any atom is -0.334 e. The van der Waals surface area contributed by atoms with Crippen molar-refractivity contribution >= 4 is 39.3 Å². The molecule has 1 atom stereocenters. The van der Waals surface area contributed by atoms with Gasteiger partial charge in [-0.1, -0.05) is 76.6 Å². The summed E-state index contributed by atoms with van der Waals surface area (Å²) in [4.78, 5) is 29.8. The van der Waals surface area contributed by atoms with Crippen molar-refractivity contribution < 1.29 is 9.59 Å². The first-order valence-electron chi connectivity index (χ1n) is 9.42. The van der Waals surface area contributed by atoms with E-state index in [-0.39, 0.29) is 0 Å². The maximum Gasteiger partial charge on any atom is 0.317 e. The molecule has 0 saturated carbocycles. The first-order valence-corrected chi connectivity index (χ1v) is 10.2. The maximum atomic E-state index is 12.7. The van der Waals surface area contributed by atoms with Crippen LogP contribution in [-0.4, -0.2) is 23.8 Å². The number of aliphatic imine (C=N–C) groups is 1. The molecule has 0 saturated heterocycles. The van der Waals surface area contributed by atoms with E-state index in [2.05, 4.69) is 36.9 Å². The van der Waals surface area contributed by atoms with Crippen LogP contribution in [0.3, 0.4) is 0 Å². The van der Waals surface area contributed by atoms with Crippen molar-refractivity contribution in [3.63, 3.8) is 0 Å². The van der Waals surface area contributed by atoms with Gasteiger partial charge in [-0.05, 0) is 23.8 Å². The number of urea groups is 1. The van der Waals surface area contributed by atoms with Crippen LogP contribution in [0.15, 0.2) is 88.3 Å². The third-order valence-corrected chi connectivity index (χ3v) is 5.16. The van der Waals surface area contributed by atoms with Crippen LogP contribution in [0.4, 0.5) is 10.5 Å². The van der Waals surface area contributed by atoms with E-state index in [0.717, 1.165) is 21.2 Å². The van der Waals surface area contributed by atoms with Gasteiger partial charge >= 0.3 is 6.03 Å². The highest BCUT2D eigenvalue weighted by Gasteiger charge is 2.26. The average molecular weight is 463 g/mol. The van der Waals surface area contributed by atoms with Gasteiger partial charge in [-0.15, -0.1) is 0 Å². The zero-order valence-electron chi connectivity index (χ0n) is 15.9. The van der Waals surface area contributed by atoms with Crippen molar-refractivity contribution in [1.82, 2.24) is 10.6 Å². The molecule has 3 N–H and O–H groups in total. The molecule has 3 amide bonds. The molecule has 0 spiro atoms. The van der Waals surface area contributed by atoms with Crippen LogP contribution in [-0.2, 0) is 11.3 Å². The monoisotopic (exact) mass is 462 g/mol. The Labute approximate surface area is 182 Å². The predicted octanol–water partition coefficient (Wildman–Crippen LogP) is 4.06. The molecule has 0 aliphatic carbocycles. The smallest absolute Gasteiger partial charge is 0.317 e. The van der Waals surface area contributed by atoms with Crippen LogP contribution in [0, 0.1) is 0 Å². The number of amides is 3. The lowest BCUT2D eigenvalue weighted by molar-refractivity contribution is -0.117. The minimum atomic E-state index is -1.06. The summed E-state index contributed by atoms with van der Waals surface area (Å²) < 4.78 is 0.966. The molecule has 150 valence electrons. The highest BCUT2D eigenvalue weighted by Crippen LogP contribution is 2.23. The number of nitrogens with zero attached hydrogens (tertiary/aromatic N) is 1. The van der Waals surface area contributed by atoms with Crippen LogP contribution in [0.5, 0.6) is 0 Å². The lowest BCUT2D eigenvalue weighted by Gasteiger charge is -2.14. The van der Waals surface area contributed by atoms with Crippen LogP contribution < -0.4 is 16.0 Å². The average Bonchev–Trinajstić information content (AvgIpc) is 2.90. The Morgan fingerprint density at radius 1 is 0.967 bits per heavy atom. The molecule has 3 aromatic rings. The van der Waals surface area contributed by atoms with Crippen LogP contribution >= 0.6 is 15.9 Å². The Kier molecular flexibility index (Phi) is 5.90. The summed E-state index contributed by atoms with van der Waals surface area (Å²) in [6.45, 7) is 0.336. The van der Waals surface area contributed by atoms with E-state index < -0.39 is 18.1 Å². The molecule has 3 aromatic carbocycles. The number of carbonyl (C=O) groups excluding carboxylic acids is 2. The highest BCUT2D eigenvalue weighted by molar-refractivity contribution is 9.10. The lowest BCUT2D eigenvalue weighted by atomic mass is 10.0. The fourth-order valence-corrected chi connectivity index (χ4v) is 3.40. The van der Waals surface area contributed by atoms with E-state index in [1.54, 1.807) is 0 Å². The van der Waals surface area contributed by atoms with Crippen molar-refractivity contribution in [2.75, 3.05) is 5.32 Å². The quantitative estimate of drug-likeness (QED) is 0.546. The van der Waals surface area contributed by atoms with Crippen molar-refractivity contribution in [2.24, 2.45) is 4.99 Å². The third-order valence-electron chi connectivity index (χ3n) is 4.63. The van der Waals surface area contributed by atoms with Crippen molar-refractivity contribution in [3.8, 4) is 0 Å². The first kappa shape index (κ1) is 19.8. The number of fused-ring (bicyclic) bond motifs is 1. The lowest BCUT2D eigenvalue weighted by Crippen LogP contribution is -2.46. The van der Waals surface area contributed by atoms with E-state index in [9.17, 15) is 9.59 Å². The van der Waals surface area contributed by atoms with Crippen molar-refractivity contribution in [1.29, 1.82) is 0 Å². The summed E-state index contributed by atoms with van der Waals surface area (Å²) in [7, 11) is 0. The Morgan fingerprint density at radius 2 is 1.67 bits per heavy atom. The van der Waals surface area contributed by atoms with Crippen LogP contribution in [0.1, 0.15) is 16.7 Å². The zero-order chi connectivity index (χ0) is 20.9. The van der Waals surface area contributed by atoms with Gasteiger partial charge in [-0.2, -0.15) is 0 Å². The Hall–Kier alpha value is -3.45. The summed E-state index contributed by atoms with van der Waals surface area (Å²) in [6, 6.07) is 24.2. The number of benzene rings is 3. The molecule has 0 radical (unpaired) electrons. The molecule has 1 aliphatic rings. The molecule has 30 heavy (non-hydrogen) atoms. The van der Waals surface area contributed by atoms with Gasteiger partial charge in [0.05, 0.1) is 11.4 Å². The number of para-hydroxylation sites is 1. The van der Waals surface area contributed by atoms with Gasteiger partial charge in [0.15, 0.2) is 0 Å². The van der Waals surface area contributed by atoms with Gasteiger partial charge in [-0.3, -0.25) is 4.79 Å². The topological polar surface area (TPSA) is 82.6 Å². The molecule has 7 heteroatoms. The fourth-order valence-electron chi connectivity index (χ4n) is 3.14. The molecule has 0 fully saturated rings. The number of rotatable bonds is 4. The van der Waals surface area contributed by atoms with E-state index in [4.69, 9.17) is 0 Å². The number of carbonyl (C=O) groups is 2. The normalized spacial score (nSPS) is 15.3. The Morgan fingerprint density at radius 3 is 2.43 bits per heavy atom. The Bertz CT molecular complexity index is 1100. The molecule has 0 bridgehead atoms. The summed E-state index contributed by atoms with van der Waals surface area (Å²) in [5.41, 5.74) is 3.91. The summed E-state index contributed by atoms with van der Waals surface area (Å²) >= 11 is 3.38. The second kappa shape index (κ2) is 8.92. The fraction of sp³-hybridized carbons (Fsp3) is 0.0870. The second-order valence-electron chi connectivity index (χ2n) is 6.73. The van der Waals surface area contributed by atoms with Gasteiger partial charge in [-0.25, -0.2) is 9.79 Å². The standard InChI is InChI=1S/C23H19BrN4O2/c24-17-12-10-15(11-13-17)14-25-23(30)28-21-22(29)26-19-9-5-4-8-18(19)20(27-21)16-6-2-1-3-7-16/h1-13,21H,14H2,(H,26,29)(H2,25,28,30). The Balaban J connectivity index is 1.56. The second-order valence-corrected chi connectivity index (χ2v) is 7.65. The number of hydrogen-bond donors (Lipinski definition) is 3. The summed E-state index contributed by atoms with van der Waals surface area (Å²) in [5.74, 6) is -0.396. The zero-order valence-corrected chi connectivity index (χ0v) is 17.5. The first-order chi connectivity index (χ1) is 14.6. The largest absolute Gasteiger partial charge is 0.334 e. The van der Waals surface area contributed by atoms with Crippen molar-refractivity contribution in [2.45, 2.75) is 12.7 Å². The summed E-state index contributed by atoms with van der Waals surface area (Å²) in [5, 5.41) is 8.29. The highest BCUT2D eigenvalue weighted by atomic mass is 79.9. The van der Waals surface area contributed by atoms with Gasteiger partial charge in [0.2, 0.25) is 6.17 Å². The predicted molar refractivity (Wildman–Crippen MR) is 120 cm³/mol. The molecule has 1 aliphatic heterocycles. The molecular formula is C23H19BrN4O2. The van der Waals surface area contributed by atoms with Crippen molar-refractivity contribution in [3.05, 3.63) is 100 Å². The maximum absolute atomic E-state index is 12.7. The van der Waals surface area contributed by atoms with Crippen LogP contribution in [0.2, 0.25) is 0 Å².